The van der Waals surface area contributed by atoms with E-state index in [1.807, 2.05) is 40.7 Å². The van der Waals surface area contributed by atoms with Gasteiger partial charge in [0.05, 0.1) is 19.3 Å². The lowest BCUT2D eigenvalue weighted by molar-refractivity contribution is -0.136. The fourth-order valence-electron chi connectivity index (χ4n) is 7.03. The molecule has 0 spiro atoms. The molecule has 3 saturated heterocycles. The number of nitrogens with zero attached hydrogens (tertiary/aromatic N) is 7. The maximum atomic E-state index is 13.2. The van der Waals surface area contributed by atoms with Gasteiger partial charge < -0.3 is 30.1 Å². The van der Waals surface area contributed by atoms with Crippen LogP contribution in [0.3, 0.4) is 0 Å². The molecule has 2 bridgehead atoms. The van der Waals surface area contributed by atoms with E-state index in [1.165, 1.54) is 19.3 Å². The molecule has 0 radical (unpaired) electrons. The molecule has 3 aliphatic heterocycles. The van der Waals surface area contributed by atoms with Gasteiger partial charge in [-0.05, 0) is 58.5 Å². The van der Waals surface area contributed by atoms with Crippen LogP contribution in [0.1, 0.15) is 83.1 Å². The van der Waals surface area contributed by atoms with Crippen molar-refractivity contribution < 1.29 is 14.3 Å². The highest BCUT2D eigenvalue weighted by atomic mass is 16.6. The maximum Gasteiger partial charge on any atom is 0.410 e. The van der Waals surface area contributed by atoms with Gasteiger partial charge in [-0.25, -0.2) is 4.79 Å². The van der Waals surface area contributed by atoms with Gasteiger partial charge in [-0.15, -0.1) is 0 Å². The summed E-state index contributed by atoms with van der Waals surface area (Å²) in [5.74, 6) is 1.63. The van der Waals surface area contributed by atoms with Crippen molar-refractivity contribution in [2.75, 3.05) is 44.4 Å². The summed E-state index contributed by atoms with van der Waals surface area (Å²) >= 11 is 0. The van der Waals surface area contributed by atoms with E-state index in [4.69, 9.17) is 14.7 Å². The average molecular weight is 594 g/mol. The second kappa shape index (κ2) is 12.7. The lowest BCUT2D eigenvalue weighted by atomic mass is 9.96. The topological polar surface area (TPSA) is 120 Å². The van der Waals surface area contributed by atoms with Gasteiger partial charge in [0.25, 0.3) is 0 Å². The molecule has 2 unspecified atom stereocenters. The number of nitrogens with one attached hydrogen (secondary N) is 2. The summed E-state index contributed by atoms with van der Waals surface area (Å²) in [6.45, 7) is 5.94. The van der Waals surface area contributed by atoms with Crippen molar-refractivity contribution in [2.24, 2.45) is 0 Å². The Balaban J connectivity index is 1.08. The zero-order valence-corrected chi connectivity index (χ0v) is 26.0. The van der Waals surface area contributed by atoms with Crippen LogP contribution in [0.5, 0.6) is 0 Å². The monoisotopic (exact) mass is 593 g/mol. The molecule has 1 aliphatic carbocycles. The highest BCUT2D eigenvalue weighted by Crippen LogP contribution is 2.38. The third-order valence-electron chi connectivity index (χ3n) is 9.39. The molecule has 2 aromatic rings. The number of amides is 2. The molecule has 12 heteroatoms. The SMILES string of the molecule is CC(C)c1cnn2c(NC3CC4CCC(C3)N4C(=O)OC3CN(C(=O)/C=C/CN(C)C)C3)nc(NC3CCCCC3)nc12. The van der Waals surface area contributed by atoms with E-state index in [1.54, 1.807) is 11.0 Å². The molecule has 234 valence electrons. The predicted octanol–water partition coefficient (Wildman–Crippen LogP) is 3.86. The van der Waals surface area contributed by atoms with Gasteiger partial charge in [-0.1, -0.05) is 39.2 Å². The summed E-state index contributed by atoms with van der Waals surface area (Å²) in [5, 5.41) is 12.0. The quantitative estimate of drug-likeness (QED) is 0.418. The molecule has 2 N–H and O–H groups in total. The van der Waals surface area contributed by atoms with Crippen LogP contribution in [0.25, 0.3) is 5.65 Å². The molecular weight excluding hydrogens is 546 g/mol. The lowest BCUT2D eigenvalue weighted by Gasteiger charge is -2.42. The van der Waals surface area contributed by atoms with Crippen LogP contribution < -0.4 is 10.6 Å². The number of aromatic nitrogens is 4. The molecule has 2 aromatic heterocycles. The van der Waals surface area contributed by atoms with E-state index >= 15 is 0 Å². The van der Waals surface area contributed by atoms with Gasteiger partial charge >= 0.3 is 6.09 Å². The lowest BCUT2D eigenvalue weighted by Crippen LogP contribution is -2.57. The van der Waals surface area contributed by atoms with E-state index in [0.717, 1.165) is 49.7 Å². The number of fused-ring (bicyclic) bond motifs is 3. The van der Waals surface area contributed by atoms with Crippen molar-refractivity contribution in [3.05, 3.63) is 23.9 Å². The second-order valence-electron chi connectivity index (χ2n) is 13.4. The minimum atomic E-state index is -0.247. The number of ether oxygens (including phenoxy) is 1. The Kier molecular flexibility index (Phi) is 8.74. The third kappa shape index (κ3) is 6.58. The zero-order chi connectivity index (χ0) is 30.1. The number of rotatable bonds is 9. The number of carbonyl (C=O) groups is 2. The van der Waals surface area contributed by atoms with Gasteiger partial charge in [0.1, 0.15) is 6.10 Å². The van der Waals surface area contributed by atoms with Crippen molar-refractivity contribution in [3.8, 4) is 0 Å². The number of likely N-dealkylation sites (N-methyl/N-ethyl adjacent to an activating group) is 1. The van der Waals surface area contributed by atoms with Gasteiger partial charge in [0.2, 0.25) is 17.8 Å². The van der Waals surface area contributed by atoms with Crippen LogP contribution in [-0.4, -0.2) is 110 Å². The van der Waals surface area contributed by atoms with Crippen LogP contribution in [-0.2, 0) is 9.53 Å². The summed E-state index contributed by atoms with van der Waals surface area (Å²) in [7, 11) is 3.92. The van der Waals surface area contributed by atoms with E-state index < -0.39 is 0 Å². The maximum absolute atomic E-state index is 13.2. The Morgan fingerprint density at radius 1 is 1.02 bits per heavy atom. The van der Waals surface area contributed by atoms with Crippen LogP contribution in [0.4, 0.5) is 16.7 Å². The number of likely N-dealkylation sites (tertiary alicyclic amines) is 1. The van der Waals surface area contributed by atoms with Crippen LogP contribution in [0.15, 0.2) is 18.3 Å². The fourth-order valence-corrected chi connectivity index (χ4v) is 7.03. The first-order chi connectivity index (χ1) is 20.7. The summed E-state index contributed by atoms with van der Waals surface area (Å²) in [6.07, 6.45) is 14.5. The zero-order valence-electron chi connectivity index (χ0n) is 26.0. The van der Waals surface area contributed by atoms with E-state index in [9.17, 15) is 9.59 Å². The van der Waals surface area contributed by atoms with Gasteiger partial charge in [0.15, 0.2) is 5.65 Å². The van der Waals surface area contributed by atoms with E-state index in [2.05, 4.69) is 29.6 Å². The molecule has 12 nitrogen and oxygen atoms in total. The third-order valence-corrected chi connectivity index (χ3v) is 9.39. The molecule has 4 fully saturated rings. The molecule has 6 rings (SSSR count). The first-order valence-electron chi connectivity index (χ1n) is 16.1. The summed E-state index contributed by atoms with van der Waals surface area (Å²) in [5.41, 5.74) is 1.95. The Labute approximate surface area is 254 Å². The number of anilines is 2. The van der Waals surface area contributed by atoms with Gasteiger partial charge in [-0.3, -0.25) is 4.79 Å². The number of piperidine rings is 1. The van der Waals surface area contributed by atoms with Crippen LogP contribution >= 0.6 is 0 Å². The highest BCUT2D eigenvalue weighted by molar-refractivity contribution is 5.88. The normalized spacial score (nSPS) is 24.7. The molecule has 0 aromatic carbocycles. The van der Waals surface area contributed by atoms with Crippen molar-refractivity contribution >= 4 is 29.5 Å². The summed E-state index contributed by atoms with van der Waals surface area (Å²) in [4.78, 5) is 41.0. The molecule has 2 amide bonds. The minimum absolute atomic E-state index is 0.0327. The predicted molar refractivity (Wildman–Crippen MR) is 165 cm³/mol. The molecule has 1 saturated carbocycles. The minimum Gasteiger partial charge on any atom is -0.442 e. The highest BCUT2D eigenvalue weighted by Gasteiger charge is 2.46. The van der Waals surface area contributed by atoms with E-state index in [-0.39, 0.29) is 36.2 Å². The fraction of sp³-hybridized carbons (Fsp3) is 0.710. The average Bonchev–Trinajstić information content (AvgIpc) is 3.49. The molecule has 2 atom stereocenters. The first-order valence-corrected chi connectivity index (χ1v) is 16.1. The number of hydrogen-bond acceptors (Lipinski definition) is 9. The standard InChI is InChI=1S/C31H47N9O3/c1-20(2)26-17-32-40-28(26)35-29(33-21-9-6-5-7-10-21)36-30(40)34-22-15-23-12-13-24(16-22)39(23)31(42)43-25-18-38(19-25)27(41)11-8-14-37(3)4/h8,11,17,20-25H,5-7,9-10,12-16,18-19H2,1-4H3,(H2,33,34,35,36)/b11-8+. The van der Waals surface area contributed by atoms with Gasteiger partial charge in [0, 0.05) is 42.4 Å². The van der Waals surface area contributed by atoms with Crippen molar-refractivity contribution in [2.45, 2.75) is 108 Å². The first kappa shape index (κ1) is 29.7. The largest absolute Gasteiger partial charge is 0.442 e. The summed E-state index contributed by atoms with van der Waals surface area (Å²) < 4.78 is 7.69. The molecular formula is C31H47N9O3. The Bertz CT molecular complexity index is 1320. The smallest absolute Gasteiger partial charge is 0.410 e. The number of carbonyl (C=O) groups excluding carboxylic acids is 2. The molecule has 4 aliphatic rings. The van der Waals surface area contributed by atoms with Crippen LogP contribution in [0.2, 0.25) is 0 Å². The van der Waals surface area contributed by atoms with Crippen molar-refractivity contribution in [1.29, 1.82) is 0 Å². The van der Waals surface area contributed by atoms with Crippen molar-refractivity contribution in [3.63, 3.8) is 0 Å². The Morgan fingerprint density at radius 2 is 1.74 bits per heavy atom. The van der Waals surface area contributed by atoms with Crippen LogP contribution in [0, 0.1) is 0 Å². The molecule has 43 heavy (non-hydrogen) atoms. The van der Waals surface area contributed by atoms with E-state index in [0.29, 0.717) is 43.5 Å². The van der Waals surface area contributed by atoms with Gasteiger partial charge in [-0.2, -0.15) is 19.6 Å². The summed E-state index contributed by atoms with van der Waals surface area (Å²) in [6, 6.07) is 0.813. The molecule has 5 heterocycles. The van der Waals surface area contributed by atoms with Crippen molar-refractivity contribution in [1.82, 2.24) is 34.3 Å². The Hall–Kier alpha value is -3.41. The second-order valence-corrected chi connectivity index (χ2v) is 13.4. The Morgan fingerprint density at radius 3 is 2.42 bits per heavy atom. The number of hydrogen-bond donors (Lipinski definition) is 2.